The summed E-state index contributed by atoms with van der Waals surface area (Å²) in [6.07, 6.45) is 0. The van der Waals surface area contributed by atoms with Crippen LogP contribution in [0.25, 0.3) is 117 Å². The summed E-state index contributed by atoms with van der Waals surface area (Å²) in [4.78, 5) is 0. The standard InChI is InChI=1S/C52H30S2/c1-2-12-31(13-3-1)34-26-27-41(36-15-5-4-14-35(34)36)50-39-18-8-6-16-37(39)48(38-17-7-9-19-40(38)50)33-22-25-43-47(30-33)54-46-29-24-32-23-28-45-51(49(32)52(43)46)42-20-10-11-21-44(42)53-45/h1-30H. The van der Waals surface area contributed by atoms with Gasteiger partial charge in [-0.05, 0) is 95.3 Å². The van der Waals surface area contributed by atoms with Crippen LogP contribution in [0.4, 0.5) is 0 Å². The van der Waals surface area contributed by atoms with Crippen molar-refractivity contribution >= 4 is 106 Å². The van der Waals surface area contributed by atoms with E-state index in [0.29, 0.717) is 0 Å². The van der Waals surface area contributed by atoms with E-state index in [2.05, 4.69) is 182 Å². The van der Waals surface area contributed by atoms with Crippen molar-refractivity contribution in [2.45, 2.75) is 0 Å². The molecular formula is C52H30S2. The third-order valence-corrected chi connectivity index (χ3v) is 13.7. The molecule has 250 valence electrons. The molecule has 0 nitrogen and oxygen atoms in total. The van der Waals surface area contributed by atoms with Crippen LogP contribution >= 0.6 is 22.7 Å². The molecule has 0 amide bonds. The fraction of sp³-hybridized carbons (Fsp3) is 0. The van der Waals surface area contributed by atoms with Gasteiger partial charge in [-0.25, -0.2) is 0 Å². The second-order valence-corrected chi connectivity index (χ2v) is 16.5. The largest absolute Gasteiger partial charge is 0.135 e. The minimum Gasteiger partial charge on any atom is -0.135 e. The van der Waals surface area contributed by atoms with Crippen LogP contribution in [0.1, 0.15) is 0 Å². The zero-order valence-corrected chi connectivity index (χ0v) is 30.8. The van der Waals surface area contributed by atoms with Crippen LogP contribution in [0.3, 0.4) is 0 Å². The average molecular weight is 719 g/mol. The van der Waals surface area contributed by atoms with Gasteiger partial charge in [-0.1, -0.05) is 158 Å². The molecule has 0 aliphatic heterocycles. The average Bonchev–Trinajstić information content (AvgIpc) is 3.81. The van der Waals surface area contributed by atoms with Gasteiger partial charge in [0.05, 0.1) is 0 Å². The Bertz CT molecular complexity index is 3430. The zero-order chi connectivity index (χ0) is 35.3. The van der Waals surface area contributed by atoms with Crippen LogP contribution in [-0.4, -0.2) is 0 Å². The van der Waals surface area contributed by atoms with Crippen LogP contribution in [0.2, 0.25) is 0 Å². The van der Waals surface area contributed by atoms with Crippen molar-refractivity contribution < 1.29 is 0 Å². The first-order chi connectivity index (χ1) is 26.8. The summed E-state index contributed by atoms with van der Waals surface area (Å²) in [5.41, 5.74) is 7.62. The first-order valence-electron chi connectivity index (χ1n) is 18.5. The van der Waals surface area contributed by atoms with E-state index in [1.54, 1.807) is 0 Å². The number of benzene rings is 10. The maximum absolute atomic E-state index is 2.45. The van der Waals surface area contributed by atoms with Gasteiger partial charge in [-0.2, -0.15) is 0 Å². The highest BCUT2D eigenvalue weighted by molar-refractivity contribution is 7.27. The van der Waals surface area contributed by atoms with Gasteiger partial charge in [0.2, 0.25) is 0 Å². The Hall–Kier alpha value is -6.32. The van der Waals surface area contributed by atoms with Gasteiger partial charge in [0.1, 0.15) is 0 Å². The van der Waals surface area contributed by atoms with E-state index in [1.165, 1.54) is 117 Å². The number of thiophene rings is 2. The molecule has 0 bridgehead atoms. The van der Waals surface area contributed by atoms with E-state index >= 15 is 0 Å². The SMILES string of the molecule is c1ccc(-c2ccc(-c3c4ccccc4c(-c4ccc5c(c4)sc4ccc6ccc7sc8ccccc8c7c6c45)c4ccccc34)c3ccccc23)cc1. The van der Waals surface area contributed by atoms with Crippen molar-refractivity contribution in [3.05, 3.63) is 182 Å². The molecule has 0 aliphatic rings. The van der Waals surface area contributed by atoms with E-state index in [0.717, 1.165) is 0 Å². The van der Waals surface area contributed by atoms with E-state index in [4.69, 9.17) is 0 Å². The van der Waals surface area contributed by atoms with Crippen molar-refractivity contribution in [2.75, 3.05) is 0 Å². The van der Waals surface area contributed by atoms with E-state index in [1.807, 2.05) is 22.7 Å². The molecule has 0 saturated heterocycles. The number of fused-ring (bicyclic) bond motifs is 12. The Balaban J connectivity index is 1.13. The quantitative estimate of drug-likeness (QED) is 0.160. The monoisotopic (exact) mass is 718 g/mol. The Labute approximate surface area is 319 Å². The van der Waals surface area contributed by atoms with Crippen LogP contribution in [0.5, 0.6) is 0 Å². The lowest BCUT2D eigenvalue weighted by Crippen LogP contribution is -1.92. The van der Waals surface area contributed by atoms with Gasteiger partial charge < -0.3 is 0 Å². The van der Waals surface area contributed by atoms with Crippen LogP contribution in [-0.2, 0) is 0 Å². The minimum absolute atomic E-state index is 1.24. The summed E-state index contributed by atoms with van der Waals surface area (Å²) >= 11 is 3.81. The highest BCUT2D eigenvalue weighted by Crippen LogP contribution is 2.49. The summed E-state index contributed by atoms with van der Waals surface area (Å²) in [5.74, 6) is 0. The zero-order valence-electron chi connectivity index (χ0n) is 29.1. The summed E-state index contributed by atoms with van der Waals surface area (Å²) in [7, 11) is 0. The van der Waals surface area contributed by atoms with E-state index < -0.39 is 0 Å². The van der Waals surface area contributed by atoms with Crippen LogP contribution in [0, 0.1) is 0 Å². The molecule has 0 spiro atoms. The van der Waals surface area contributed by atoms with Gasteiger partial charge >= 0.3 is 0 Å². The predicted octanol–water partition coefficient (Wildman–Crippen LogP) is 16.0. The molecule has 10 aromatic carbocycles. The molecule has 0 fully saturated rings. The number of hydrogen-bond donors (Lipinski definition) is 0. The van der Waals surface area contributed by atoms with Crippen LogP contribution < -0.4 is 0 Å². The molecule has 0 unspecified atom stereocenters. The van der Waals surface area contributed by atoms with Crippen molar-refractivity contribution in [1.82, 2.24) is 0 Å². The molecule has 54 heavy (non-hydrogen) atoms. The van der Waals surface area contributed by atoms with Gasteiger partial charge in [-0.3, -0.25) is 0 Å². The maximum atomic E-state index is 2.45. The molecule has 0 atom stereocenters. The number of rotatable bonds is 3. The Morgan fingerprint density at radius 2 is 0.759 bits per heavy atom. The normalized spacial score (nSPS) is 12.1. The molecule has 0 N–H and O–H groups in total. The molecule has 2 aromatic heterocycles. The fourth-order valence-electron chi connectivity index (χ4n) is 9.17. The van der Waals surface area contributed by atoms with Gasteiger partial charge in [0.25, 0.3) is 0 Å². The third kappa shape index (κ3) is 4.30. The molecule has 0 aliphatic carbocycles. The summed E-state index contributed by atoms with van der Waals surface area (Å²) in [6, 6.07) is 67.7. The Kier molecular flexibility index (Phi) is 6.48. The van der Waals surface area contributed by atoms with Crippen molar-refractivity contribution in [3.8, 4) is 33.4 Å². The molecular weight excluding hydrogens is 689 g/mol. The molecule has 12 aromatic rings. The van der Waals surface area contributed by atoms with E-state index in [-0.39, 0.29) is 0 Å². The third-order valence-electron chi connectivity index (χ3n) is 11.5. The lowest BCUT2D eigenvalue weighted by Gasteiger charge is -2.19. The Morgan fingerprint density at radius 3 is 1.43 bits per heavy atom. The van der Waals surface area contributed by atoms with Gasteiger partial charge in [0.15, 0.2) is 0 Å². The predicted molar refractivity (Wildman–Crippen MR) is 239 cm³/mol. The fourth-order valence-corrected chi connectivity index (χ4v) is 11.4. The summed E-state index contributed by atoms with van der Waals surface area (Å²) in [6.45, 7) is 0. The molecule has 0 radical (unpaired) electrons. The van der Waals surface area contributed by atoms with E-state index in [9.17, 15) is 0 Å². The highest BCUT2D eigenvalue weighted by atomic mass is 32.1. The van der Waals surface area contributed by atoms with Crippen molar-refractivity contribution in [3.63, 3.8) is 0 Å². The first kappa shape index (κ1) is 30.2. The molecule has 2 heteroatoms. The van der Waals surface area contributed by atoms with Gasteiger partial charge in [0, 0.05) is 45.7 Å². The smallest absolute Gasteiger partial charge is 0.0362 e. The summed E-state index contributed by atoms with van der Waals surface area (Å²) < 4.78 is 5.37. The molecule has 2 heterocycles. The second kappa shape index (κ2) is 11.6. The topological polar surface area (TPSA) is 0 Å². The second-order valence-electron chi connectivity index (χ2n) is 14.3. The van der Waals surface area contributed by atoms with Gasteiger partial charge in [-0.15, -0.1) is 22.7 Å². The highest BCUT2D eigenvalue weighted by Gasteiger charge is 2.20. The lowest BCUT2D eigenvalue weighted by molar-refractivity contribution is 1.64. The first-order valence-corrected chi connectivity index (χ1v) is 20.1. The Morgan fingerprint density at radius 1 is 0.259 bits per heavy atom. The van der Waals surface area contributed by atoms with Crippen molar-refractivity contribution in [2.24, 2.45) is 0 Å². The molecule has 12 rings (SSSR count). The van der Waals surface area contributed by atoms with Crippen LogP contribution in [0.15, 0.2) is 182 Å². The van der Waals surface area contributed by atoms with Crippen molar-refractivity contribution in [1.29, 1.82) is 0 Å². The molecule has 0 saturated carbocycles. The minimum atomic E-state index is 1.24. The lowest BCUT2D eigenvalue weighted by atomic mass is 9.83. The number of hydrogen-bond acceptors (Lipinski definition) is 2. The maximum Gasteiger partial charge on any atom is 0.0362 e. The summed E-state index contributed by atoms with van der Waals surface area (Å²) in [5, 5.41) is 15.8.